The van der Waals surface area contributed by atoms with Crippen molar-refractivity contribution in [3.8, 4) is 5.75 Å². The van der Waals surface area contributed by atoms with Gasteiger partial charge in [0.15, 0.2) is 0 Å². The topological polar surface area (TPSA) is 109 Å². The molecule has 0 aliphatic carbocycles. The molecule has 0 amide bonds. The minimum Gasteiger partial charge on any atom is -0.494 e. The van der Waals surface area contributed by atoms with Crippen LogP contribution in [0.15, 0.2) is 42.5 Å². The third-order valence-corrected chi connectivity index (χ3v) is 6.18. The van der Waals surface area contributed by atoms with Crippen LogP contribution >= 0.6 is 0 Å². The Morgan fingerprint density at radius 1 is 1.07 bits per heavy atom. The highest BCUT2D eigenvalue weighted by molar-refractivity contribution is 5.42. The molecule has 4 N–H and O–H groups in total. The second-order valence-corrected chi connectivity index (χ2v) is 8.00. The maximum absolute atomic E-state index is 10.8. The van der Waals surface area contributed by atoms with Crippen LogP contribution in [0.25, 0.3) is 0 Å². The van der Waals surface area contributed by atoms with Crippen molar-refractivity contribution in [3.63, 3.8) is 0 Å². The van der Waals surface area contributed by atoms with E-state index in [1.807, 2.05) is 50.2 Å². The van der Waals surface area contributed by atoms with Gasteiger partial charge in [0.1, 0.15) is 29.7 Å². The molecular formula is C23H28O7. The van der Waals surface area contributed by atoms with Crippen LogP contribution < -0.4 is 4.74 Å². The van der Waals surface area contributed by atoms with Gasteiger partial charge >= 0.3 is 0 Å². The van der Waals surface area contributed by atoms with E-state index >= 15 is 0 Å². The third-order valence-electron chi connectivity index (χ3n) is 6.18. The lowest BCUT2D eigenvalue weighted by Crippen LogP contribution is -2.65. The monoisotopic (exact) mass is 416 g/mol. The van der Waals surface area contributed by atoms with Crippen molar-refractivity contribution in [1.29, 1.82) is 0 Å². The summed E-state index contributed by atoms with van der Waals surface area (Å²) in [4.78, 5) is 0. The van der Waals surface area contributed by atoms with Gasteiger partial charge in [-0.2, -0.15) is 0 Å². The van der Waals surface area contributed by atoms with Crippen molar-refractivity contribution in [2.75, 3.05) is 19.8 Å². The Morgan fingerprint density at radius 2 is 1.80 bits per heavy atom. The molecule has 5 atom stereocenters. The fraction of sp³-hybridized carbons (Fsp3) is 0.478. The molecule has 0 spiro atoms. The van der Waals surface area contributed by atoms with Crippen LogP contribution in [0.3, 0.4) is 0 Å². The molecule has 2 aromatic rings. The van der Waals surface area contributed by atoms with Crippen LogP contribution in [-0.4, -0.2) is 64.2 Å². The van der Waals surface area contributed by atoms with Crippen LogP contribution in [0.2, 0.25) is 0 Å². The van der Waals surface area contributed by atoms with E-state index in [0.29, 0.717) is 18.6 Å². The van der Waals surface area contributed by atoms with Gasteiger partial charge in [-0.15, -0.1) is 0 Å². The average Bonchev–Trinajstić information content (AvgIpc) is 3.14. The summed E-state index contributed by atoms with van der Waals surface area (Å²) in [6.45, 7) is 3.78. The molecule has 2 bridgehead atoms. The Kier molecular flexibility index (Phi) is 5.61. The Balaban J connectivity index is 1.67. The lowest BCUT2D eigenvalue weighted by molar-refractivity contribution is -0.329. The van der Waals surface area contributed by atoms with Gasteiger partial charge in [-0.1, -0.05) is 30.3 Å². The molecule has 2 aliphatic heterocycles. The molecule has 2 fully saturated rings. The van der Waals surface area contributed by atoms with Gasteiger partial charge in [0, 0.05) is 5.56 Å². The molecule has 2 saturated heterocycles. The first kappa shape index (κ1) is 21.2. The molecular weight excluding hydrogens is 388 g/mol. The predicted molar refractivity (Wildman–Crippen MR) is 108 cm³/mol. The zero-order valence-corrected chi connectivity index (χ0v) is 17.1. The quantitative estimate of drug-likeness (QED) is 0.557. The number of hydrogen-bond donors (Lipinski definition) is 4. The van der Waals surface area contributed by atoms with E-state index in [0.717, 1.165) is 22.4 Å². The smallest absolute Gasteiger partial charge is 0.225 e. The zero-order valence-electron chi connectivity index (χ0n) is 17.1. The molecule has 30 heavy (non-hydrogen) atoms. The third kappa shape index (κ3) is 3.22. The first-order valence-electron chi connectivity index (χ1n) is 10.2. The predicted octanol–water partition coefficient (Wildman–Crippen LogP) is 1.01. The van der Waals surface area contributed by atoms with Gasteiger partial charge in [0.05, 0.1) is 19.8 Å². The fourth-order valence-corrected chi connectivity index (χ4v) is 4.40. The normalized spacial score (nSPS) is 32.9. The van der Waals surface area contributed by atoms with Crippen molar-refractivity contribution in [2.45, 2.75) is 50.0 Å². The van der Waals surface area contributed by atoms with Gasteiger partial charge in [0.2, 0.25) is 5.79 Å². The summed E-state index contributed by atoms with van der Waals surface area (Å²) in [6.07, 6.45) is -3.83. The zero-order chi connectivity index (χ0) is 21.5. The van der Waals surface area contributed by atoms with E-state index in [4.69, 9.17) is 14.2 Å². The molecule has 0 unspecified atom stereocenters. The summed E-state index contributed by atoms with van der Waals surface area (Å²) in [5.41, 5.74) is 2.04. The molecule has 2 aromatic carbocycles. The molecule has 162 valence electrons. The number of aliphatic hydroxyl groups is 4. The van der Waals surface area contributed by atoms with Crippen LogP contribution in [0, 0.1) is 6.92 Å². The Labute approximate surface area is 175 Å². The van der Waals surface area contributed by atoms with Crippen molar-refractivity contribution in [3.05, 3.63) is 64.7 Å². The van der Waals surface area contributed by atoms with Gasteiger partial charge in [-0.3, -0.25) is 0 Å². The van der Waals surface area contributed by atoms with Crippen LogP contribution in [0.5, 0.6) is 5.75 Å². The number of hydrogen-bond acceptors (Lipinski definition) is 7. The SMILES string of the molecule is CCOc1ccc(Cc2cccc([C@]34OC[C@](CO)(O3)[C@@H](O)[C@H](O)[C@H]4O)c2C)cc1. The number of ether oxygens (including phenoxy) is 3. The van der Waals surface area contributed by atoms with Crippen LogP contribution in [-0.2, 0) is 21.7 Å². The number of rotatable bonds is 6. The van der Waals surface area contributed by atoms with E-state index in [9.17, 15) is 20.4 Å². The van der Waals surface area contributed by atoms with Crippen LogP contribution in [0.4, 0.5) is 0 Å². The van der Waals surface area contributed by atoms with E-state index in [1.54, 1.807) is 6.07 Å². The lowest BCUT2D eigenvalue weighted by Gasteiger charge is -2.46. The molecule has 0 radical (unpaired) electrons. The summed E-state index contributed by atoms with van der Waals surface area (Å²) in [7, 11) is 0. The van der Waals surface area contributed by atoms with Gasteiger partial charge in [0.25, 0.3) is 0 Å². The van der Waals surface area contributed by atoms with Crippen molar-refractivity contribution < 1.29 is 34.6 Å². The highest BCUT2D eigenvalue weighted by atomic mass is 16.8. The molecule has 0 aromatic heterocycles. The average molecular weight is 416 g/mol. The number of fused-ring (bicyclic) bond motifs is 2. The second kappa shape index (κ2) is 7.92. The fourth-order valence-electron chi connectivity index (χ4n) is 4.40. The standard InChI is InChI=1S/C23H28O7/c1-3-28-17-9-7-15(8-10-17)11-16-5-4-6-18(14(16)2)23-21(27)19(25)20(26)22(12-24,30-23)13-29-23/h4-10,19-21,24-27H,3,11-13H2,1-2H3/t19-,20-,21+,22-,23-/m0/s1. The van der Waals surface area contributed by atoms with Crippen molar-refractivity contribution in [2.24, 2.45) is 0 Å². The van der Waals surface area contributed by atoms with Gasteiger partial charge < -0.3 is 34.6 Å². The van der Waals surface area contributed by atoms with E-state index in [-0.39, 0.29) is 6.61 Å². The van der Waals surface area contributed by atoms with Crippen LogP contribution in [0.1, 0.15) is 29.2 Å². The van der Waals surface area contributed by atoms with Gasteiger partial charge in [-0.25, -0.2) is 0 Å². The molecule has 7 heteroatoms. The first-order chi connectivity index (χ1) is 14.4. The number of benzene rings is 2. The molecule has 2 aliphatic rings. The Morgan fingerprint density at radius 3 is 2.47 bits per heavy atom. The largest absolute Gasteiger partial charge is 0.494 e. The van der Waals surface area contributed by atoms with Crippen molar-refractivity contribution >= 4 is 0 Å². The maximum Gasteiger partial charge on any atom is 0.225 e. The summed E-state index contributed by atoms with van der Waals surface area (Å²) in [5, 5.41) is 41.4. The van der Waals surface area contributed by atoms with E-state index in [1.165, 1.54) is 0 Å². The molecule has 4 rings (SSSR count). The van der Waals surface area contributed by atoms with E-state index in [2.05, 4.69) is 0 Å². The van der Waals surface area contributed by atoms with Gasteiger partial charge in [-0.05, 0) is 49.1 Å². The first-order valence-corrected chi connectivity index (χ1v) is 10.2. The summed E-state index contributed by atoms with van der Waals surface area (Å²) in [5.74, 6) is -0.836. The second-order valence-electron chi connectivity index (χ2n) is 8.00. The maximum atomic E-state index is 10.8. The lowest BCUT2D eigenvalue weighted by atomic mass is 9.82. The summed E-state index contributed by atoms with van der Waals surface area (Å²) >= 11 is 0. The molecule has 7 nitrogen and oxygen atoms in total. The number of aliphatic hydroxyl groups excluding tert-OH is 4. The highest BCUT2D eigenvalue weighted by Gasteiger charge is 2.67. The van der Waals surface area contributed by atoms with E-state index < -0.39 is 36.3 Å². The van der Waals surface area contributed by atoms with Crippen molar-refractivity contribution in [1.82, 2.24) is 0 Å². The summed E-state index contributed by atoms with van der Waals surface area (Å²) < 4.78 is 17.3. The Hall–Kier alpha value is -2.00. The molecule has 2 heterocycles. The Bertz CT molecular complexity index is 899. The highest BCUT2D eigenvalue weighted by Crippen LogP contribution is 2.50. The minimum atomic E-state index is -1.65. The molecule has 0 saturated carbocycles. The minimum absolute atomic E-state index is 0.138. The summed E-state index contributed by atoms with van der Waals surface area (Å²) in [6, 6.07) is 13.5.